The third-order valence-electron chi connectivity index (χ3n) is 4.36. The molecule has 0 spiro atoms. The maximum atomic E-state index is 12.4. The number of aryl methyl sites for hydroxylation is 1. The predicted molar refractivity (Wildman–Crippen MR) is 115 cm³/mol. The van der Waals surface area contributed by atoms with Crippen molar-refractivity contribution < 1.29 is 4.79 Å². The lowest BCUT2D eigenvalue weighted by atomic mass is 10.1. The van der Waals surface area contributed by atoms with Gasteiger partial charge in [0, 0.05) is 24.4 Å². The molecule has 1 fully saturated rings. The highest BCUT2D eigenvalue weighted by Crippen LogP contribution is 2.34. The highest BCUT2D eigenvalue weighted by Gasteiger charge is 2.29. The molecule has 0 saturated carbocycles. The van der Waals surface area contributed by atoms with Gasteiger partial charge in [-0.05, 0) is 25.1 Å². The van der Waals surface area contributed by atoms with E-state index in [-0.39, 0.29) is 5.91 Å². The molecule has 1 aliphatic heterocycles. The molecule has 1 amide bonds. The largest absolute Gasteiger partial charge is 0.296 e. The number of rotatable bonds is 3. The van der Waals surface area contributed by atoms with Crippen LogP contribution < -0.4 is 0 Å². The van der Waals surface area contributed by atoms with Gasteiger partial charge in [-0.1, -0.05) is 72.0 Å². The predicted octanol–water partition coefficient (Wildman–Crippen LogP) is 4.68. The van der Waals surface area contributed by atoms with E-state index in [2.05, 4.69) is 31.2 Å². The Labute approximate surface area is 167 Å². The first-order valence-electron chi connectivity index (χ1n) is 8.46. The zero-order chi connectivity index (χ0) is 19.0. The number of benzene rings is 2. The Morgan fingerprint density at radius 2 is 1.78 bits per heavy atom. The van der Waals surface area contributed by atoms with Crippen LogP contribution in [0.1, 0.15) is 11.1 Å². The fourth-order valence-electron chi connectivity index (χ4n) is 2.83. The summed E-state index contributed by atoms with van der Waals surface area (Å²) in [6.45, 7) is 2.06. The van der Waals surface area contributed by atoms with Gasteiger partial charge in [0.2, 0.25) is 0 Å². The van der Waals surface area contributed by atoms with Crippen LogP contribution in [-0.2, 0) is 4.79 Å². The first-order chi connectivity index (χ1) is 13.0. The quantitative estimate of drug-likeness (QED) is 0.480. The molecule has 1 aliphatic rings. The second-order valence-corrected chi connectivity index (χ2v) is 8.00. The molecule has 1 aromatic heterocycles. The topological polar surface area (TPSA) is 38.1 Å². The molecule has 0 radical (unpaired) electrons. The summed E-state index contributed by atoms with van der Waals surface area (Å²) in [5.74, 6) is -0.0766. The second kappa shape index (κ2) is 7.13. The summed E-state index contributed by atoms with van der Waals surface area (Å²) in [6.07, 6.45) is 3.83. The summed E-state index contributed by atoms with van der Waals surface area (Å²) in [6, 6.07) is 18.2. The van der Waals surface area contributed by atoms with Crippen LogP contribution in [0.4, 0.5) is 0 Å². The molecule has 4 rings (SSSR count). The van der Waals surface area contributed by atoms with E-state index in [4.69, 9.17) is 17.3 Å². The van der Waals surface area contributed by atoms with Crippen molar-refractivity contribution >= 4 is 40.3 Å². The molecule has 2 aromatic carbocycles. The average Bonchev–Trinajstić information content (AvgIpc) is 3.20. The summed E-state index contributed by atoms with van der Waals surface area (Å²) in [7, 11) is 1.70. The smallest absolute Gasteiger partial charge is 0.265 e. The molecule has 0 aliphatic carbocycles. The lowest BCUT2D eigenvalue weighted by Gasteiger charge is -2.03. The fraction of sp³-hybridized carbons (Fsp3) is 0.0952. The number of hydrogen-bond donors (Lipinski definition) is 0. The van der Waals surface area contributed by atoms with Crippen molar-refractivity contribution in [2.75, 3.05) is 7.05 Å². The van der Waals surface area contributed by atoms with E-state index in [0.29, 0.717) is 9.23 Å². The fourth-order valence-corrected chi connectivity index (χ4v) is 4.00. The van der Waals surface area contributed by atoms with Crippen LogP contribution in [0.3, 0.4) is 0 Å². The highest BCUT2D eigenvalue weighted by molar-refractivity contribution is 8.26. The molecule has 27 heavy (non-hydrogen) atoms. The minimum absolute atomic E-state index is 0.0766. The Morgan fingerprint density at radius 3 is 2.41 bits per heavy atom. The molecule has 0 unspecified atom stereocenters. The summed E-state index contributed by atoms with van der Waals surface area (Å²) in [4.78, 5) is 14.5. The first-order valence-corrected chi connectivity index (χ1v) is 9.69. The number of hydrogen-bond acceptors (Lipinski definition) is 4. The minimum Gasteiger partial charge on any atom is -0.296 e. The Morgan fingerprint density at radius 1 is 1.07 bits per heavy atom. The van der Waals surface area contributed by atoms with Crippen molar-refractivity contribution in [3.05, 3.63) is 76.8 Å². The summed E-state index contributed by atoms with van der Waals surface area (Å²) in [5.41, 5.74) is 4.88. The molecule has 1 saturated heterocycles. The minimum atomic E-state index is -0.0766. The lowest BCUT2D eigenvalue weighted by Crippen LogP contribution is -2.22. The lowest BCUT2D eigenvalue weighted by molar-refractivity contribution is -0.121. The van der Waals surface area contributed by atoms with Crippen molar-refractivity contribution in [2.24, 2.45) is 0 Å². The maximum absolute atomic E-state index is 12.4. The van der Waals surface area contributed by atoms with E-state index >= 15 is 0 Å². The standard InChI is InChI=1S/C21H17N3OS2/c1-14-8-10-15(11-9-14)19-16(12-18-20(25)23(2)21(26)27-18)13-24(22-19)17-6-4-3-5-7-17/h3-13H,1-2H3. The van der Waals surface area contributed by atoms with Crippen molar-refractivity contribution in [2.45, 2.75) is 6.92 Å². The maximum Gasteiger partial charge on any atom is 0.265 e. The molecule has 3 aromatic rings. The van der Waals surface area contributed by atoms with Gasteiger partial charge in [-0.3, -0.25) is 9.69 Å². The Bertz CT molecular complexity index is 1050. The molecule has 6 heteroatoms. The Hall–Kier alpha value is -2.70. The van der Waals surface area contributed by atoms with Gasteiger partial charge >= 0.3 is 0 Å². The van der Waals surface area contributed by atoms with Gasteiger partial charge < -0.3 is 0 Å². The number of amides is 1. The molecular formula is C21H17N3OS2. The number of carbonyl (C=O) groups excluding carboxylic acids is 1. The second-order valence-electron chi connectivity index (χ2n) is 6.32. The van der Waals surface area contributed by atoms with Crippen LogP contribution in [0, 0.1) is 6.92 Å². The van der Waals surface area contributed by atoms with Gasteiger partial charge in [0.25, 0.3) is 5.91 Å². The van der Waals surface area contributed by atoms with Crippen molar-refractivity contribution in [3.63, 3.8) is 0 Å². The number of para-hydroxylation sites is 1. The van der Waals surface area contributed by atoms with Crippen molar-refractivity contribution in [3.8, 4) is 16.9 Å². The average molecular weight is 392 g/mol. The molecule has 0 atom stereocenters. The molecule has 0 bridgehead atoms. The van der Waals surface area contributed by atoms with E-state index in [1.54, 1.807) is 7.05 Å². The van der Waals surface area contributed by atoms with Crippen LogP contribution in [0.2, 0.25) is 0 Å². The zero-order valence-electron chi connectivity index (χ0n) is 14.9. The van der Waals surface area contributed by atoms with E-state index in [1.807, 2.05) is 47.3 Å². The van der Waals surface area contributed by atoms with Gasteiger partial charge in [0.15, 0.2) is 0 Å². The summed E-state index contributed by atoms with van der Waals surface area (Å²) in [5, 5.41) is 4.79. The van der Waals surface area contributed by atoms with E-state index in [0.717, 1.165) is 22.5 Å². The SMILES string of the molecule is Cc1ccc(-c2nn(-c3ccccc3)cc2C=C2SC(=S)N(C)C2=O)cc1. The summed E-state index contributed by atoms with van der Waals surface area (Å²) < 4.78 is 2.41. The third-order valence-corrected chi connectivity index (χ3v) is 5.85. The van der Waals surface area contributed by atoms with Gasteiger partial charge in [0.05, 0.1) is 16.3 Å². The number of carbonyl (C=O) groups is 1. The zero-order valence-corrected chi connectivity index (χ0v) is 16.6. The van der Waals surface area contributed by atoms with Crippen LogP contribution in [0.5, 0.6) is 0 Å². The van der Waals surface area contributed by atoms with E-state index in [9.17, 15) is 4.79 Å². The van der Waals surface area contributed by atoms with Gasteiger partial charge in [-0.2, -0.15) is 5.10 Å². The van der Waals surface area contributed by atoms with Crippen LogP contribution in [-0.4, -0.2) is 32.0 Å². The Balaban J connectivity index is 1.84. The van der Waals surface area contributed by atoms with Crippen molar-refractivity contribution in [1.82, 2.24) is 14.7 Å². The highest BCUT2D eigenvalue weighted by atomic mass is 32.2. The molecule has 4 nitrogen and oxygen atoms in total. The number of thioether (sulfide) groups is 1. The van der Waals surface area contributed by atoms with Crippen LogP contribution in [0.15, 0.2) is 65.7 Å². The van der Waals surface area contributed by atoms with Crippen LogP contribution >= 0.6 is 24.0 Å². The number of likely N-dealkylation sites (N-methyl/N-ethyl adjacent to an activating group) is 1. The Kier molecular flexibility index (Phi) is 4.68. The first kappa shape index (κ1) is 17.7. The van der Waals surface area contributed by atoms with Crippen molar-refractivity contribution in [1.29, 1.82) is 0 Å². The van der Waals surface area contributed by atoms with Gasteiger partial charge in [-0.15, -0.1) is 0 Å². The molecule has 0 N–H and O–H groups in total. The van der Waals surface area contributed by atoms with E-state index < -0.39 is 0 Å². The van der Waals surface area contributed by atoms with Gasteiger partial charge in [0.1, 0.15) is 4.32 Å². The van der Waals surface area contributed by atoms with Crippen LogP contribution in [0.25, 0.3) is 23.0 Å². The number of thiocarbonyl (C=S) groups is 1. The molecular weight excluding hydrogens is 374 g/mol. The van der Waals surface area contributed by atoms with Gasteiger partial charge in [-0.25, -0.2) is 4.68 Å². The monoisotopic (exact) mass is 391 g/mol. The number of nitrogens with zero attached hydrogens (tertiary/aromatic N) is 3. The summed E-state index contributed by atoms with van der Waals surface area (Å²) >= 11 is 6.56. The number of aromatic nitrogens is 2. The normalized spacial score (nSPS) is 15.8. The third kappa shape index (κ3) is 3.46. The molecule has 134 valence electrons. The van der Waals surface area contributed by atoms with E-state index in [1.165, 1.54) is 22.2 Å². The molecule has 2 heterocycles.